The lowest BCUT2D eigenvalue weighted by Crippen LogP contribution is -2.05. The van der Waals surface area contributed by atoms with Crippen molar-refractivity contribution in [2.75, 3.05) is 7.11 Å². The molecule has 0 aliphatic carbocycles. The molecule has 0 aliphatic rings. The van der Waals surface area contributed by atoms with Crippen molar-refractivity contribution in [3.05, 3.63) is 23.8 Å². The van der Waals surface area contributed by atoms with E-state index in [1.54, 1.807) is 0 Å². The smallest absolute Gasteiger partial charge is 0.387 e. The van der Waals surface area contributed by atoms with Gasteiger partial charge in [0.05, 0.1) is 13.2 Å². The highest BCUT2D eigenvalue weighted by Crippen LogP contribution is 2.29. The molecular formula is C12H11F2NO3. The molecule has 0 saturated heterocycles. The quantitative estimate of drug-likeness (QED) is 0.733. The molecule has 1 rings (SSSR count). The highest BCUT2D eigenvalue weighted by Gasteiger charge is 2.14. The number of methoxy groups -OCH3 is 1. The van der Waals surface area contributed by atoms with Crippen molar-refractivity contribution in [2.45, 2.75) is 19.5 Å². The Kier molecular flexibility index (Phi) is 5.06. The monoisotopic (exact) mass is 255 g/mol. The molecule has 0 bridgehead atoms. The second-order valence-corrected chi connectivity index (χ2v) is 3.33. The molecule has 0 saturated carbocycles. The second kappa shape index (κ2) is 6.55. The SMILES string of the molecule is COc1ccc(C(=O)CCC#N)cc1OC(F)F. The van der Waals surface area contributed by atoms with Crippen LogP contribution in [0, 0.1) is 11.3 Å². The molecule has 0 atom stereocenters. The Morgan fingerprint density at radius 3 is 2.72 bits per heavy atom. The minimum atomic E-state index is -3.00. The van der Waals surface area contributed by atoms with Crippen molar-refractivity contribution in [1.29, 1.82) is 5.26 Å². The van der Waals surface area contributed by atoms with Gasteiger partial charge in [-0.25, -0.2) is 0 Å². The molecule has 0 heterocycles. The summed E-state index contributed by atoms with van der Waals surface area (Å²) in [4.78, 5) is 11.6. The fourth-order valence-corrected chi connectivity index (χ4v) is 1.35. The summed E-state index contributed by atoms with van der Waals surface area (Å²) in [5.74, 6) is -0.388. The Hall–Kier alpha value is -2.16. The summed E-state index contributed by atoms with van der Waals surface area (Å²) in [5, 5.41) is 8.37. The van der Waals surface area contributed by atoms with Gasteiger partial charge in [-0.2, -0.15) is 14.0 Å². The number of ether oxygens (including phenoxy) is 2. The van der Waals surface area contributed by atoms with Crippen LogP contribution in [0.1, 0.15) is 23.2 Å². The molecule has 0 unspecified atom stereocenters. The van der Waals surface area contributed by atoms with E-state index in [1.165, 1.54) is 25.3 Å². The first-order valence-corrected chi connectivity index (χ1v) is 5.11. The molecule has 0 fully saturated rings. The van der Waals surface area contributed by atoms with E-state index >= 15 is 0 Å². The molecule has 0 amide bonds. The minimum absolute atomic E-state index is 0.0386. The van der Waals surface area contributed by atoms with E-state index < -0.39 is 6.61 Å². The van der Waals surface area contributed by atoms with Crippen molar-refractivity contribution in [3.63, 3.8) is 0 Å². The molecule has 0 aliphatic heterocycles. The zero-order chi connectivity index (χ0) is 13.5. The van der Waals surface area contributed by atoms with Crippen molar-refractivity contribution in [1.82, 2.24) is 0 Å². The van der Waals surface area contributed by atoms with Gasteiger partial charge in [-0.3, -0.25) is 4.79 Å². The number of nitrogens with zero attached hydrogens (tertiary/aromatic N) is 1. The molecule has 4 nitrogen and oxygen atoms in total. The summed E-state index contributed by atoms with van der Waals surface area (Å²) in [5.41, 5.74) is 0.210. The van der Waals surface area contributed by atoms with Crippen LogP contribution in [0.5, 0.6) is 11.5 Å². The maximum Gasteiger partial charge on any atom is 0.387 e. The highest BCUT2D eigenvalue weighted by atomic mass is 19.3. The highest BCUT2D eigenvalue weighted by molar-refractivity contribution is 5.96. The van der Waals surface area contributed by atoms with Crippen molar-refractivity contribution >= 4 is 5.78 Å². The third-order valence-corrected chi connectivity index (χ3v) is 2.17. The van der Waals surface area contributed by atoms with Crippen LogP contribution in [0.3, 0.4) is 0 Å². The van der Waals surface area contributed by atoms with Gasteiger partial charge < -0.3 is 9.47 Å². The summed E-state index contributed by atoms with van der Waals surface area (Å²) >= 11 is 0. The van der Waals surface area contributed by atoms with E-state index in [9.17, 15) is 13.6 Å². The largest absolute Gasteiger partial charge is 0.493 e. The maximum atomic E-state index is 12.2. The van der Waals surface area contributed by atoms with Gasteiger partial charge in [0.1, 0.15) is 0 Å². The van der Waals surface area contributed by atoms with E-state index in [1.807, 2.05) is 6.07 Å². The van der Waals surface area contributed by atoms with Gasteiger partial charge in [0, 0.05) is 18.4 Å². The number of halogens is 2. The van der Waals surface area contributed by atoms with Crippen LogP contribution in [-0.4, -0.2) is 19.5 Å². The first-order valence-electron chi connectivity index (χ1n) is 5.11. The third kappa shape index (κ3) is 3.70. The van der Waals surface area contributed by atoms with Crippen LogP contribution >= 0.6 is 0 Å². The summed E-state index contributed by atoms with van der Waals surface area (Å²) < 4.78 is 33.4. The van der Waals surface area contributed by atoms with E-state index in [2.05, 4.69) is 4.74 Å². The molecule has 18 heavy (non-hydrogen) atoms. The average molecular weight is 255 g/mol. The standard InChI is InChI=1S/C12H11F2NO3/c1-17-10-5-4-8(9(16)3-2-6-15)7-11(10)18-12(13)14/h4-5,7,12H,2-3H2,1H3. The van der Waals surface area contributed by atoms with Crippen LogP contribution in [0.25, 0.3) is 0 Å². The zero-order valence-electron chi connectivity index (χ0n) is 9.65. The number of alkyl halides is 2. The number of carbonyl (C=O) groups is 1. The van der Waals surface area contributed by atoms with E-state index in [-0.39, 0.29) is 35.7 Å². The van der Waals surface area contributed by atoms with Gasteiger partial charge in [-0.15, -0.1) is 0 Å². The number of benzene rings is 1. The Balaban J connectivity index is 2.95. The zero-order valence-corrected chi connectivity index (χ0v) is 9.65. The number of nitriles is 1. The maximum absolute atomic E-state index is 12.2. The number of carbonyl (C=O) groups excluding carboxylic acids is 1. The van der Waals surface area contributed by atoms with E-state index in [0.717, 1.165) is 0 Å². The Bertz CT molecular complexity index is 469. The van der Waals surface area contributed by atoms with Crippen LogP contribution in [0.15, 0.2) is 18.2 Å². The van der Waals surface area contributed by atoms with Gasteiger partial charge in [0.25, 0.3) is 0 Å². The van der Waals surface area contributed by atoms with Crippen LogP contribution in [0.4, 0.5) is 8.78 Å². The molecule has 1 aromatic carbocycles. The number of Topliss-reactive ketones (excluding diaryl/α,β-unsaturated/α-hetero) is 1. The van der Waals surface area contributed by atoms with Gasteiger partial charge in [0.2, 0.25) is 0 Å². The van der Waals surface area contributed by atoms with Gasteiger partial charge in [-0.05, 0) is 18.2 Å². The predicted octanol–water partition coefficient (Wildman–Crippen LogP) is 2.78. The first kappa shape index (κ1) is 13.9. The lowest BCUT2D eigenvalue weighted by molar-refractivity contribution is -0.0512. The molecule has 1 aromatic rings. The molecule has 0 N–H and O–H groups in total. The second-order valence-electron chi connectivity index (χ2n) is 3.33. The molecular weight excluding hydrogens is 244 g/mol. The Labute approximate surface area is 103 Å². The topological polar surface area (TPSA) is 59.3 Å². The lowest BCUT2D eigenvalue weighted by Gasteiger charge is -2.10. The van der Waals surface area contributed by atoms with Crippen LogP contribution in [0.2, 0.25) is 0 Å². The molecule has 6 heteroatoms. The first-order chi connectivity index (χ1) is 8.58. The fourth-order valence-electron chi connectivity index (χ4n) is 1.35. The van der Waals surface area contributed by atoms with Crippen LogP contribution in [-0.2, 0) is 0 Å². The number of rotatable bonds is 6. The number of hydrogen-bond acceptors (Lipinski definition) is 4. The summed E-state index contributed by atoms with van der Waals surface area (Å²) in [6.07, 6.45) is 0.118. The molecule has 96 valence electrons. The minimum Gasteiger partial charge on any atom is -0.493 e. The third-order valence-electron chi connectivity index (χ3n) is 2.17. The summed E-state index contributed by atoms with van der Waals surface area (Å²) in [6.45, 7) is -3.00. The van der Waals surface area contributed by atoms with Crippen molar-refractivity contribution in [3.8, 4) is 17.6 Å². The lowest BCUT2D eigenvalue weighted by atomic mass is 10.1. The number of ketones is 1. The summed E-state index contributed by atoms with van der Waals surface area (Å²) in [6, 6.07) is 5.84. The molecule has 0 spiro atoms. The van der Waals surface area contributed by atoms with E-state index in [4.69, 9.17) is 10.00 Å². The van der Waals surface area contributed by atoms with Gasteiger partial charge in [-0.1, -0.05) is 0 Å². The normalized spacial score (nSPS) is 9.94. The van der Waals surface area contributed by atoms with E-state index in [0.29, 0.717) is 0 Å². The summed E-state index contributed by atoms with van der Waals surface area (Å²) in [7, 11) is 1.31. The predicted molar refractivity (Wildman–Crippen MR) is 58.8 cm³/mol. The van der Waals surface area contributed by atoms with Crippen molar-refractivity contribution in [2.24, 2.45) is 0 Å². The Morgan fingerprint density at radius 2 is 2.17 bits per heavy atom. The fraction of sp³-hybridized carbons (Fsp3) is 0.333. The van der Waals surface area contributed by atoms with Crippen LogP contribution < -0.4 is 9.47 Å². The molecule has 0 radical (unpaired) electrons. The molecule has 0 aromatic heterocycles. The Morgan fingerprint density at radius 1 is 1.44 bits per heavy atom. The van der Waals surface area contributed by atoms with Crippen molar-refractivity contribution < 1.29 is 23.0 Å². The average Bonchev–Trinajstić information content (AvgIpc) is 2.35. The van der Waals surface area contributed by atoms with Gasteiger partial charge in [0.15, 0.2) is 17.3 Å². The van der Waals surface area contributed by atoms with Gasteiger partial charge >= 0.3 is 6.61 Å². The number of hydrogen-bond donors (Lipinski definition) is 0.